The van der Waals surface area contributed by atoms with E-state index in [9.17, 15) is 9.90 Å². The largest absolute Gasteiger partial charge is 0.496 e. The van der Waals surface area contributed by atoms with Gasteiger partial charge in [-0.25, -0.2) is 9.78 Å². The molecule has 2 aromatic carbocycles. The third kappa shape index (κ3) is 3.30. The van der Waals surface area contributed by atoms with E-state index < -0.39 is 5.97 Å². The number of carboxylic acid groups (broad SMARTS) is 1. The second-order valence-corrected chi connectivity index (χ2v) is 6.57. The minimum Gasteiger partial charge on any atom is -0.496 e. The maximum absolute atomic E-state index is 11.8. The molecule has 0 bridgehead atoms. The van der Waals surface area contributed by atoms with Crippen molar-refractivity contribution in [3.63, 3.8) is 0 Å². The zero-order valence-corrected chi connectivity index (χ0v) is 15.0. The molecule has 1 N–H and O–H groups in total. The standard InChI is InChI=1S/C20H18ClNO3/c1-11(2)12-4-6-17-14(8-12)15(20(23)24)10-18(22-17)16-9-13(21)5-7-19(16)25-3/h4-11H,1-3H3,(H,23,24). The Hall–Kier alpha value is -2.59. The van der Waals surface area contributed by atoms with Gasteiger partial charge in [0.05, 0.1) is 23.9 Å². The molecule has 4 nitrogen and oxygen atoms in total. The number of hydrogen-bond acceptors (Lipinski definition) is 3. The molecular weight excluding hydrogens is 338 g/mol. The van der Waals surface area contributed by atoms with Crippen molar-refractivity contribution < 1.29 is 14.6 Å². The van der Waals surface area contributed by atoms with Gasteiger partial charge in [0.1, 0.15) is 5.75 Å². The minimum atomic E-state index is -0.990. The number of methoxy groups -OCH3 is 1. The SMILES string of the molecule is COc1ccc(Cl)cc1-c1cc(C(=O)O)c2cc(C(C)C)ccc2n1. The number of rotatable bonds is 4. The van der Waals surface area contributed by atoms with Crippen LogP contribution in [0.3, 0.4) is 0 Å². The van der Waals surface area contributed by atoms with Crippen molar-refractivity contribution in [3.05, 3.63) is 58.6 Å². The van der Waals surface area contributed by atoms with Crippen LogP contribution < -0.4 is 4.74 Å². The first-order valence-electron chi connectivity index (χ1n) is 7.92. The molecule has 0 fully saturated rings. The summed E-state index contributed by atoms with van der Waals surface area (Å²) in [6.07, 6.45) is 0. The van der Waals surface area contributed by atoms with Crippen LogP contribution in [-0.4, -0.2) is 23.2 Å². The molecule has 0 atom stereocenters. The van der Waals surface area contributed by atoms with Gasteiger partial charge in [0.25, 0.3) is 0 Å². The average Bonchev–Trinajstić information content (AvgIpc) is 2.59. The van der Waals surface area contributed by atoms with E-state index in [0.29, 0.717) is 38.9 Å². The van der Waals surface area contributed by atoms with Crippen LogP contribution in [0.4, 0.5) is 0 Å². The van der Waals surface area contributed by atoms with Crippen LogP contribution in [0.5, 0.6) is 5.75 Å². The maximum Gasteiger partial charge on any atom is 0.336 e. The molecule has 0 spiro atoms. The van der Waals surface area contributed by atoms with Crippen molar-refractivity contribution in [1.82, 2.24) is 4.98 Å². The molecule has 5 heteroatoms. The highest BCUT2D eigenvalue weighted by atomic mass is 35.5. The first-order chi connectivity index (χ1) is 11.9. The lowest BCUT2D eigenvalue weighted by Crippen LogP contribution is -2.02. The summed E-state index contributed by atoms with van der Waals surface area (Å²) in [6.45, 7) is 4.14. The molecule has 0 amide bonds. The number of ether oxygens (including phenoxy) is 1. The molecule has 3 rings (SSSR count). The molecule has 0 aliphatic rings. The van der Waals surface area contributed by atoms with Gasteiger partial charge in [0.2, 0.25) is 0 Å². The molecule has 0 aliphatic heterocycles. The highest BCUT2D eigenvalue weighted by Crippen LogP contribution is 2.34. The van der Waals surface area contributed by atoms with E-state index in [1.54, 1.807) is 31.4 Å². The molecular formula is C20H18ClNO3. The normalized spacial score (nSPS) is 11.1. The number of aromatic nitrogens is 1. The molecule has 0 saturated heterocycles. The van der Waals surface area contributed by atoms with Crippen molar-refractivity contribution in [3.8, 4) is 17.0 Å². The van der Waals surface area contributed by atoms with Gasteiger partial charge in [-0.15, -0.1) is 0 Å². The predicted octanol–water partition coefficient (Wildman–Crippen LogP) is 5.39. The van der Waals surface area contributed by atoms with Crippen molar-refractivity contribution in [2.75, 3.05) is 7.11 Å². The number of halogens is 1. The van der Waals surface area contributed by atoms with Crippen molar-refractivity contribution in [1.29, 1.82) is 0 Å². The van der Waals surface area contributed by atoms with Gasteiger partial charge in [-0.3, -0.25) is 0 Å². The average molecular weight is 356 g/mol. The zero-order valence-electron chi connectivity index (χ0n) is 14.2. The third-order valence-electron chi connectivity index (χ3n) is 4.17. The Labute approximate surface area is 151 Å². The topological polar surface area (TPSA) is 59.4 Å². The van der Waals surface area contributed by atoms with Gasteiger partial charge >= 0.3 is 5.97 Å². The molecule has 3 aromatic rings. The molecule has 1 aromatic heterocycles. The molecule has 25 heavy (non-hydrogen) atoms. The number of aromatic carboxylic acids is 1. The Kier molecular flexibility index (Phi) is 4.64. The van der Waals surface area contributed by atoms with Crippen LogP contribution in [0.25, 0.3) is 22.2 Å². The van der Waals surface area contributed by atoms with Gasteiger partial charge in [-0.05, 0) is 47.9 Å². The fourth-order valence-electron chi connectivity index (χ4n) is 2.80. The van der Waals surface area contributed by atoms with Gasteiger partial charge in [-0.1, -0.05) is 31.5 Å². The lowest BCUT2D eigenvalue weighted by Gasteiger charge is -2.13. The summed E-state index contributed by atoms with van der Waals surface area (Å²) in [6, 6.07) is 12.5. The molecule has 0 saturated carbocycles. The fraction of sp³-hybridized carbons (Fsp3) is 0.200. The Morgan fingerprint density at radius 2 is 1.92 bits per heavy atom. The van der Waals surface area contributed by atoms with Gasteiger partial charge in [0.15, 0.2) is 0 Å². The van der Waals surface area contributed by atoms with Crippen LogP contribution in [-0.2, 0) is 0 Å². The van der Waals surface area contributed by atoms with Gasteiger partial charge in [-0.2, -0.15) is 0 Å². The molecule has 1 heterocycles. The van der Waals surface area contributed by atoms with E-state index in [4.69, 9.17) is 16.3 Å². The van der Waals surface area contributed by atoms with Crippen molar-refractivity contribution in [2.24, 2.45) is 0 Å². The van der Waals surface area contributed by atoms with E-state index in [2.05, 4.69) is 18.8 Å². The summed E-state index contributed by atoms with van der Waals surface area (Å²) >= 11 is 6.10. The summed E-state index contributed by atoms with van der Waals surface area (Å²) in [5.41, 5.74) is 3.09. The first-order valence-corrected chi connectivity index (χ1v) is 8.30. The summed E-state index contributed by atoms with van der Waals surface area (Å²) in [7, 11) is 1.56. The van der Waals surface area contributed by atoms with E-state index >= 15 is 0 Å². The Morgan fingerprint density at radius 1 is 1.16 bits per heavy atom. The lowest BCUT2D eigenvalue weighted by atomic mass is 9.97. The van der Waals surface area contributed by atoms with Crippen molar-refractivity contribution in [2.45, 2.75) is 19.8 Å². The monoisotopic (exact) mass is 355 g/mol. The second kappa shape index (κ2) is 6.73. The fourth-order valence-corrected chi connectivity index (χ4v) is 2.97. The van der Waals surface area contributed by atoms with Gasteiger partial charge < -0.3 is 9.84 Å². The Morgan fingerprint density at radius 3 is 2.56 bits per heavy atom. The molecule has 0 radical (unpaired) electrons. The maximum atomic E-state index is 11.8. The lowest BCUT2D eigenvalue weighted by molar-refractivity contribution is 0.0699. The number of nitrogens with zero attached hydrogens (tertiary/aromatic N) is 1. The highest BCUT2D eigenvalue weighted by molar-refractivity contribution is 6.31. The number of fused-ring (bicyclic) bond motifs is 1. The van der Waals surface area contributed by atoms with Crippen LogP contribution in [0.2, 0.25) is 5.02 Å². The quantitative estimate of drug-likeness (QED) is 0.682. The number of carboxylic acids is 1. The van der Waals surface area contributed by atoms with E-state index in [-0.39, 0.29) is 5.56 Å². The van der Waals surface area contributed by atoms with Crippen LogP contribution in [0.1, 0.15) is 35.7 Å². The van der Waals surface area contributed by atoms with Gasteiger partial charge in [0, 0.05) is 16.0 Å². The number of hydrogen-bond donors (Lipinski definition) is 1. The number of pyridine rings is 1. The van der Waals surface area contributed by atoms with E-state index in [1.165, 1.54) is 0 Å². The third-order valence-corrected chi connectivity index (χ3v) is 4.40. The van der Waals surface area contributed by atoms with Crippen molar-refractivity contribution >= 4 is 28.5 Å². The minimum absolute atomic E-state index is 0.213. The highest BCUT2D eigenvalue weighted by Gasteiger charge is 2.16. The number of benzene rings is 2. The number of carbonyl (C=O) groups is 1. The van der Waals surface area contributed by atoms with E-state index in [0.717, 1.165) is 5.56 Å². The molecule has 0 aliphatic carbocycles. The van der Waals surface area contributed by atoms with Crippen LogP contribution >= 0.6 is 11.6 Å². The summed E-state index contributed by atoms with van der Waals surface area (Å²) in [4.78, 5) is 16.5. The summed E-state index contributed by atoms with van der Waals surface area (Å²) in [5, 5.41) is 10.8. The summed E-state index contributed by atoms with van der Waals surface area (Å²) in [5.74, 6) is -0.0966. The predicted molar refractivity (Wildman–Crippen MR) is 99.8 cm³/mol. The van der Waals surface area contributed by atoms with Crippen LogP contribution in [0, 0.1) is 0 Å². The molecule has 0 unspecified atom stereocenters. The van der Waals surface area contributed by atoms with E-state index in [1.807, 2.05) is 18.2 Å². The zero-order chi connectivity index (χ0) is 18.1. The smallest absolute Gasteiger partial charge is 0.336 e. The second-order valence-electron chi connectivity index (χ2n) is 6.14. The molecule has 128 valence electrons. The Bertz CT molecular complexity index is 967. The Balaban J connectivity index is 2.30. The first kappa shape index (κ1) is 17.2. The van der Waals surface area contributed by atoms with Crippen LogP contribution in [0.15, 0.2) is 42.5 Å². The summed E-state index contributed by atoms with van der Waals surface area (Å²) < 4.78 is 5.37.